The average Bonchev–Trinajstić information content (AvgIpc) is 2.79. The van der Waals surface area contributed by atoms with E-state index in [9.17, 15) is 25.3 Å². The molecule has 0 amide bonds. The highest BCUT2D eigenvalue weighted by Crippen LogP contribution is 2.22. The fraction of sp³-hybridized carbons (Fsp3) is 0.250. The number of aryl methyl sites for hydroxylation is 3. The van der Waals surface area contributed by atoms with Crippen molar-refractivity contribution >= 4 is 30.4 Å². The Bertz CT molecular complexity index is 1420. The lowest BCUT2D eigenvalue weighted by atomic mass is 10.2. The van der Waals surface area contributed by atoms with Crippen LogP contribution < -0.4 is 0 Å². The average molecular weight is 555 g/mol. The van der Waals surface area contributed by atoms with Crippen molar-refractivity contribution in [3.8, 4) is 0 Å². The van der Waals surface area contributed by atoms with Crippen molar-refractivity contribution in [3.63, 3.8) is 0 Å². The second-order valence-electron chi connectivity index (χ2n) is 8.03. The minimum absolute atomic E-state index is 0.106. The number of hydrogen-bond acceptors (Lipinski definition) is 9. The van der Waals surface area contributed by atoms with Gasteiger partial charge in [-0.15, -0.1) is 0 Å². The van der Waals surface area contributed by atoms with Crippen LogP contribution in [0.4, 0.5) is 0 Å². The van der Waals surface area contributed by atoms with Crippen molar-refractivity contribution in [2.75, 3.05) is 6.61 Å². The van der Waals surface area contributed by atoms with E-state index in [0.29, 0.717) is 0 Å². The summed E-state index contributed by atoms with van der Waals surface area (Å²) < 4.78 is 91.2. The van der Waals surface area contributed by atoms with Crippen molar-refractivity contribution in [2.24, 2.45) is 0 Å². The third kappa shape index (κ3) is 7.45. The van der Waals surface area contributed by atoms with Gasteiger partial charge in [0.2, 0.25) is 0 Å². The molecule has 3 aromatic carbocycles. The Hall–Kier alpha value is -2.61. The van der Waals surface area contributed by atoms with E-state index in [1.807, 2.05) is 0 Å². The molecule has 0 heterocycles. The van der Waals surface area contributed by atoms with Crippen LogP contribution in [0, 0.1) is 20.8 Å². The Balaban J connectivity index is 1.81. The second kappa shape index (κ2) is 11.2. The van der Waals surface area contributed by atoms with Gasteiger partial charge in [-0.2, -0.15) is 25.3 Å². The fourth-order valence-corrected chi connectivity index (χ4v) is 5.91. The summed E-state index contributed by atoms with van der Waals surface area (Å²) in [4.78, 5) is -0.545. The van der Waals surface area contributed by atoms with Gasteiger partial charge in [0.05, 0.1) is 21.3 Å². The standard InChI is InChI=1S/C24H26O9S3/c1-18-4-10-21(11-5-18)34(25,26)31-17-16-24(32-35(27,28)22-12-6-19(2)7-13-22)33-36(29,30)23-14-8-20(3)9-15-23/h4-15,24H,16-17H2,1-3H3. The lowest BCUT2D eigenvalue weighted by Crippen LogP contribution is -2.27. The molecule has 194 valence electrons. The van der Waals surface area contributed by atoms with Gasteiger partial charge in [-0.1, -0.05) is 53.1 Å². The van der Waals surface area contributed by atoms with Crippen molar-refractivity contribution in [1.29, 1.82) is 0 Å². The minimum atomic E-state index is -4.45. The van der Waals surface area contributed by atoms with Gasteiger partial charge in [0.1, 0.15) is 0 Å². The molecular weight excluding hydrogens is 528 g/mol. The molecule has 36 heavy (non-hydrogen) atoms. The summed E-state index contributed by atoms with van der Waals surface area (Å²) in [6.45, 7) is 4.72. The van der Waals surface area contributed by atoms with E-state index in [1.165, 1.54) is 36.4 Å². The quantitative estimate of drug-likeness (QED) is 0.256. The molecule has 0 aliphatic carbocycles. The molecule has 0 unspecified atom stereocenters. The number of hydrogen-bond donors (Lipinski definition) is 0. The topological polar surface area (TPSA) is 130 Å². The van der Waals surface area contributed by atoms with Gasteiger partial charge in [-0.25, -0.2) is 8.37 Å². The van der Waals surface area contributed by atoms with Gasteiger partial charge < -0.3 is 0 Å². The van der Waals surface area contributed by atoms with Crippen LogP contribution in [0.15, 0.2) is 87.5 Å². The summed E-state index contributed by atoms with van der Waals surface area (Å²) in [5.74, 6) is 0. The molecule has 3 rings (SSSR count). The van der Waals surface area contributed by atoms with E-state index in [0.717, 1.165) is 16.7 Å². The van der Waals surface area contributed by atoms with Crippen LogP contribution in [0.3, 0.4) is 0 Å². The smallest absolute Gasteiger partial charge is 0.266 e. The summed E-state index contributed by atoms with van der Waals surface area (Å²) in [6, 6.07) is 17.3. The lowest BCUT2D eigenvalue weighted by Gasteiger charge is -2.18. The normalized spacial score (nSPS) is 12.7. The zero-order valence-corrected chi connectivity index (χ0v) is 22.3. The zero-order chi connectivity index (χ0) is 26.6. The molecule has 3 aromatic rings. The molecule has 0 bridgehead atoms. The molecule has 0 N–H and O–H groups in total. The van der Waals surface area contributed by atoms with Crippen molar-refractivity contribution in [1.82, 2.24) is 0 Å². The van der Waals surface area contributed by atoms with Crippen LogP contribution in [0.1, 0.15) is 23.1 Å². The first-order chi connectivity index (χ1) is 16.8. The van der Waals surface area contributed by atoms with Gasteiger partial charge in [0, 0.05) is 6.42 Å². The molecule has 0 radical (unpaired) electrons. The van der Waals surface area contributed by atoms with Crippen LogP contribution >= 0.6 is 0 Å². The second-order valence-corrected chi connectivity index (χ2v) is 12.8. The zero-order valence-electron chi connectivity index (χ0n) is 19.8. The maximum atomic E-state index is 12.8. The molecule has 0 aliphatic heterocycles. The largest absolute Gasteiger partial charge is 0.299 e. The van der Waals surface area contributed by atoms with Gasteiger partial charge in [-0.05, 0) is 57.2 Å². The highest BCUT2D eigenvalue weighted by atomic mass is 32.2. The third-order valence-electron chi connectivity index (χ3n) is 4.99. The van der Waals surface area contributed by atoms with E-state index in [-0.39, 0.29) is 14.7 Å². The number of benzene rings is 3. The van der Waals surface area contributed by atoms with E-state index in [1.54, 1.807) is 57.2 Å². The molecule has 0 spiro atoms. The SMILES string of the molecule is Cc1ccc(S(=O)(=O)OCCC(OS(=O)(=O)c2ccc(C)cc2)OS(=O)(=O)c2ccc(C)cc2)cc1. The van der Waals surface area contributed by atoms with Crippen LogP contribution in [0.5, 0.6) is 0 Å². The molecule has 12 heteroatoms. The first-order valence-electron chi connectivity index (χ1n) is 10.7. The predicted octanol–water partition coefficient (Wildman–Crippen LogP) is 3.84. The number of rotatable bonds is 11. The lowest BCUT2D eigenvalue weighted by molar-refractivity contribution is 0.00198. The van der Waals surface area contributed by atoms with Crippen LogP contribution in [-0.2, 0) is 42.9 Å². The molecular formula is C24H26O9S3. The molecule has 0 aliphatic rings. The molecule has 0 atom stereocenters. The molecule has 0 saturated carbocycles. The van der Waals surface area contributed by atoms with E-state index in [2.05, 4.69) is 0 Å². The monoisotopic (exact) mass is 554 g/mol. The maximum Gasteiger partial charge on any atom is 0.299 e. The van der Waals surface area contributed by atoms with E-state index >= 15 is 0 Å². The maximum absolute atomic E-state index is 12.8. The summed E-state index contributed by atoms with van der Waals surface area (Å²) >= 11 is 0. The fourth-order valence-electron chi connectivity index (χ4n) is 2.94. The Kier molecular flexibility index (Phi) is 8.70. The highest BCUT2D eigenvalue weighted by molar-refractivity contribution is 7.87. The van der Waals surface area contributed by atoms with Crippen LogP contribution in [0.25, 0.3) is 0 Å². The van der Waals surface area contributed by atoms with Crippen molar-refractivity contribution in [2.45, 2.75) is 48.2 Å². The van der Waals surface area contributed by atoms with Crippen LogP contribution in [0.2, 0.25) is 0 Å². The molecule has 0 saturated heterocycles. The minimum Gasteiger partial charge on any atom is -0.266 e. The van der Waals surface area contributed by atoms with Gasteiger partial charge >= 0.3 is 0 Å². The van der Waals surface area contributed by atoms with E-state index < -0.39 is 49.7 Å². The Morgan fingerprint density at radius 3 is 1.17 bits per heavy atom. The highest BCUT2D eigenvalue weighted by Gasteiger charge is 2.29. The molecule has 0 fully saturated rings. The first-order valence-corrected chi connectivity index (χ1v) is 15.0. The van der Waals surface area contributed by atoms with Gasteiger partial charge in [0.25, 0.3) is 30.4 Å². The Morgan fingerprint density at radius 1 is 0.528 bits per heavy atom. The summed E-state index contributed by atoms with van der Waals surface area (Å²) in [5, 5.41) is 0. The van der Waals surface area contributed by atoms with Gasteiger partial charge in [-0.3, -0.25) is 4.18 Å². The van der Waals surface area contributed by atoms with Crippen molar-refractivity contribution in [3.05, 3.63) is 89.5 Å². The summed E-state index contributed by atoms with van der Waals surface area (Å²) in [5.41, 5.74) is 2.45. The summed E-state index contributed by atoms with van der Waals surface area (Å²) in [6.07, 6.45) is -2.42. The predicted molar refractivity (Wildman–Crippen MR) is 132 cm³/mol. The Morgan fingerprint density at radius 2 is 0.833 bits per heavy atom. The van der Waals surface area contributed by atoms with Crippen molar-refractivity contribution < 1.29 is 37.8 Å². The molecule has 9 nitrogen and oxygen atoms in total. The third-order valence-corrected chi connectivity index (χ3v) is 8.95. The van der Waals surface area contributed by atoms with E-state index in [4.69, 9.17) is 12.5 Å². The Labute approximate surface area is 212 Å². The van der Waals surface area contributed by atoms with Crippen LogP contribution in [-0.4, -0.2) is 38.2 Å². The van der Waals surface area contributed by atoms with Gasteiger partial charge in [0.15, 0.2) is 6.29 Å². The first kappa shape index (κ1) is 28.0. The summed E-state index contributed by atoms with van der Waals surface area (Å²) in [7, 11) is -13.1. The molecule has 0 aromatic heterocycles.